The van der Waals surface area contributed by atoms with E-state index in [1.807, 2.05) is 30.3 Å². The highest BCUT2D eigenvalue weighted by Gasteiger charge is 2.05. The number of fused-ring (bicyclic) bond motifs is 1. The first-order chi connectivity index (χ1) is 8.74. The minimum atomic E-state index is -0.153. The summed E-state index contributed by atoms with van der Waals surface area (Å²) in [4.78, 5) is 18.2. The third-order valence-corrected chi connectivity index (χ3v) is 2.83. The Morgan fingerprint density at radius 2 is 2.00 bits per heavy atom. The van der Waals surface area contributed by atoms with Crippen molar-refractivity contribution in [3.63, 3.8) is 0 Å². The molecule has 0 bridgehead atoms. The lowest BCUT2D eigenvalue weighted by Gasteiger charge is -2.06. The molecule has 2 heterocycles. The molecule has 0 spiro atoms. The van der Waals surface area contributed by atoms with Crippen LogP contribution in [0, 0.1) is 0 Å². The lowest BCUT2D eigenvalue weighted by molar-refractivity contribution is 1.23. The van der Waals surface area contributed by atoms with Gasteiger partial charge in [0.2, 0.25) is 5.56 Å². The van der Waals surface area contributed by atoms with Crippen LogP contribution in [0.25, 0.3) is 22.2 Å². The Balaban J connectivity index is 2.33. The molecular weight excluding hydrogens is 226 g/mol. The zero-order valence-electron chi connectivity index (χ0n) is 9.55. The number of nitrogen functional groups attached to an aromatic ring is 1. The molecule has 0 aliphatic rings. The van der Waals surface area contributed by atoms with Crippen molar-refractivity contribution in [3.05, 3.63) is 59.0 Å². The van der Waals surface area contributed by atoms with E-state index >= 15 is 0 Å². The van der Waals surface area contributed by atoms with Crippen molar-refractivity contribution in [1.82, 2.24) is 9.97 Å². The van der Waals surface area contributed by atoms with Crippen LogP contribution in [0.2, 0.25) is 0 Å². The first-order valence-electron chi connectivity index (χ1n) is 5.58. The Kier molecular flexibility index (Phi) is 2.34. The Morgan fingerprint density at radius 1 is 1.11 bits per heavy atom. The van der Waals surface area contributed by atoms with Crippen LogP contribution in [0.15, 0.2) is 53.5 Å². The third-order valence-electron chi connectivity index (χ3n) is 2.83. The van der Waals surface area contributed by atoms with Gasteiger partial charge >= 0.3 is 0 Å². The molecule has 1 aromatic carbocycles. The summed E-state index contributed by atoms with van der Waals surface area (Å²) in [6.45, 7) is 0. The van der Waals surface area contributed by atoms with Gasteiger partial charge in [0.1, 0.15) is 5.65 Å². The number of anilines is 1. The van der Waals surface area contributed by atoms with Crippen LogP contribution >= 0.6 is 0 Å². The van der Waals surface area contributed by atoms with Gasteiger partial charge < -0.3 is 10.7 Å². The van der Waals surface area contributed by atoms with Crippen molar-refractivity contribution in [2.24, 2.45) is 0 Å². The Labute approximate surface area is 103 Å². The van der Waals surface area contributed by atoms with Crippen LogP contribution in [0.5, 0.6) is 0 Å². The van der Waals surface area contributed by atoms with E-state index in [0.717, 1.165) is 16.5 Å². The predicted molar refractivity (Wildman–Crippen MR) is 72.2 cm³/mol. The molecule has 3 aromatic rings. The first-order valence-corrected chi connectivity index (χ1v) is 5.58. The van der Waals surface area contributed by atoms with Gasteiger partial charge in [-0.15, -0.1) is 0 Å². The summed E-state index contributed by atoms with van der Waals surface area (Å²) in [5, 5.41) is 0.905. The van der Waals surface area contributed by atoms with Crippen LogP contribution < -0.4 is 11.3 Å². The average molecular weight is 237 g/mol. The van der Waals surface area contributed by atoms with Gasteiger partial charge in [0.15, 0.2) is 0 Å². The lowest BCUT2D eigenvalue weighted by Crippen LogP contribution is -2.03. The van der Waals surface area contributed by atoms with Gasteiger partial charge in [0.05, 0.1) is 0 Å². The Bertz CT molecular complexity index is 777. The van der Waals surface area contributed by atoms with E-state index in [0.29, 0.717) is 11.3 Å². The Morgan fingerprint density at radius 3 is 2.83 bits per heavy atom. The highest BCUT2D eigenvalue weighted by atomic mass is 16.1. The number of nitrogens with two attached hydrogens (primary N) is 1. The molecule has 18 heavy (non-hydrogen) atoms. The summed E-state index contributed by atoms with van der Waals surface area (Å²) < 4.78 is 0. The van der Waals surface area contributed by atoms with Gasteiger partial charge in [-0.1, -0.05) is 12.1 Å². The number of benzene rings is 1. The van der Waals surface area contributed by atoms with Crippen molar-refractivity contribution in [2.75, 3.05) is 5.73 Å². The van der Waals surface area contributed by atoms with E-state index in [9.17, 15) is 4.79 Å². The minimum absolute atomic E-state index is 0.153. The second kappa shape index (κ2) is 4.00. The standard InChI is InChI=1S/C14H11N3O/c15-10-3-1-2-9(8-10)11-6-7-16-14-12(11)4-5-13(18)17-14/h1-8H,15H2,(H,16,17,18). The maximum Gasteiger partial charge on any atom is 0.249 e. The quantitative estimate of drug-likeness (QED) is 0.637. The average Bonchev–Trinajstić information content (AvgIpc) is 2.37. The van der Waals surface area contributed by atoms with Gasteiger partial charge in [-0.3, -0.25) is 4.79 Å². The van der Waals surface area contributed by atoms with Crippen LogP contribution in [0.4, 0.5) is 5.69 Å². The van der Waals surface area contributed by atoms with E-state index in [2.05, 4.69) is 9.97 Å². The van der Waals surface area contributed by atoms with Crippen LogP contribution in [0.3, 0.4) is 0 Å². The summed E-state index contributed by atoms with van der Waals surface area (Å²) in [6.07, 6.45) is 1.68. The third kappa shape index (κ3) is 1.73. The number of H-pyrrole nitrogens is 1. The smallest absolute Gasteiger partial charge is 0.249 e. The predicted octanol–water partition coefficient (Wildman–Crippen LogP) is 2.17. The summed E-state index contributed by atoms with van der Waals surface area (Å²) in [5.41, 5.74) is 8.95. The molecule has 0 atom stereocenters. The van der Waals surface area contributed by atoms with Crippen molar-refractivity contribution in [2.45, 2.75) is 0 Å². The number of nitrogens with one attached hydrogen (secondary N) is 1. The van der Waals surface area contributed by atoms with E-state index < -0.39 is 0 Å². The van der Waals surface area contributed by atoms with E-state index in [1.165, 1.54) is 6.07 Å². The van der Waals surface area contributed by atoms with Crippen LogP contribution in [0.1, 0.15) is 0 Å². The molecule has 0 unspecified atom stereocenters. The molecule has 0 radical (unpaired) electrons. The highest BCUT2D eigenvalue weighted by Crippen LogP contribution is 2.26. The van der Waals surface area contributed by atoms with Crippen molar-refractivity contribution in [1.29, 1.82) is 0 Å². The molecule has 4 nitrogen and oxygen atoms in total. The molecular formula is C14H11N3O. The van der Waals surface area contributed by atoms with Crippen LogP contribution in [-0.2, 0) is 0 Å². The number of pyridine rings is 2. The number of hydrogen-bond donors (Lipinski definition) is 2. The van der Waals surface area contributed by atoms with E-state index in [1.54, 1.807) is 12.3 Å². The molecule has 3 rings (SSSR count). The molecule has 0 amide bonds. The largest absolute Gasteiger partial charge is 0.399 e. The van der Waals surface area contributed by atoms with Gasteiger partial charge in [-0.05, 0) is 35.4 Å². The molecule has 4 heteroatoms. The molecule has 2 aromatic heterocycles. The second-order valence-electron chi connectivity index (χ2n) is 4.07. The fraction of sp³-hybridized carbons (Fsp3) is 0. The van der Waals surface area contributed by atoms with Crippen LogP contribution in [-0.4, -0.2) is 9.97 Å². The number of aromatic nitrogens is 2. The van der Waals surface area contributed by atoms with Crippen molar-refractivity contribution >= 4 is 16.7 Å². The number of rotatable bonds is 1. The molecule has 88 valence electrons. The van der Waals surface area contributed by atoms with Gasteiger partial charge in [-0.25, -0.2) is 4.98 Å². The summed E-state index contributed by atoms with van der Waals surface area (Å²) in [5.74, 6) is 0. The maximum absolute atomic E-state index is 11.3. The van der Waals surface area contributed by atoms with Gasteiger partial charge in [0, 0.05) is 23.3 Å². The summed E-state index contributed by atoms with van der Waals surface area (Å²) >= 11 is 0. The lowest BCUT2D eigenvalue weighted by atomic mass is 10.0. The number of hydrogen-bond acceptors (Lipinski definition) is 3. The molecule has 0 fully saturated rings. The van der Waals surface area contributed by atoms with Gasteiger partial charge in [0.25, 0.3) is 0 Å². The van der Waals surface area contributed by atoms with E-state index in [-0.39, 0.29) is 5.56 Å². The maximum atomic E-state index is 11.3. The molecule has 0 saturated carbocycles. The second-order valence-corrected chi connectivity index (χ2v) is 4.07. The topological polar surface area (TPSA) is 71.8 Å². The molecule has 0 aliphatic carbocycles. The number of aromatic amines is 1. The Hall–Kier alpha value is -2.62. The van der Waals surface area contributed by atoms with E-state index in [4.69, 9.17) is 5.73 Å². The fourth-order valence-corrected chi connectivity index (χ4v) is 2.02. The molecule has 0 aliphatic heterocycles. The van der Waals surface area contributed by atoms with Crippen molar-refractivity contribution < 1.29 is 0 Å². The normalized spacial score (nSPS) is 10.7. The molecule has 3 N–H and O–H groups in total. The zero-order valence-corrected chi connectivity index (χ0v) is 9.55. The van der Waals surface area contributed by atoms with Crippen molar-refractivity contribution in [3.8, 4) is 11.1 Å². The summed E-state index contributed by atoms with van der Waals surface area (Å²) in [7, 11) is 0. The zero-order chi connectivity index (χ0) is 12.5. The monoisotopic (exact) mass is 237 g/mol. The number of nitrogens with zero attached hydrogens (tertiary/aromatic N) is 1. The van der Waals surface area contributed by atoms with Gasteiger partial charge in [-0.2, -0.15) is 0 Å². The molecule has 0 saturated heterocycles. The summed E-state index contributed by atoms with van der Waals surface area (Å²) in [6, 6.07) is 12.8. The highest BCUT2D eigenvalue weighted by molar-refractivity contribution is 5.92. The first kappa shape index (κ1) is 10.5. The SMILES string of the molecule is Nc1cccc(-c2ccnc3[nH]c(=O)ccc23)c1. The fourth-order valence-electron chi connectivity index (χ4n) is 2.02. The minimum Gasteiger partial charge on any atom is -0.399 e.